The molecule has 1 atom stereocenters. The fourth-order valence-corrected chi connectivity index (χ4v) is 2.14. The number of rotatable bonds is 3. The molecule has 1 aromatic rings. The highest BCUT2D eigenvalue weighted by atomic mass is 16.5. The van der Waals surface area contributed by atoms with Crippen molar-refractivity contribution < 1.29 is 19.4 Å². The predicted molar refractivity (Wildman–Crippen MR) is 74.1 cm³/mol. The third-order valence-corrected chi connectivity index (χ3v) is 3.15. The molecule has 20 heavy (non-hydrogen) atoms. The second kappa shape index (κ2) is 6.38. The monoisotopic (exact) mass is 278 g/mol. The highest BCUT2D eigenvalue weighted by molar-refractivity contribution is 6.00. The molecule has 0 aliphatic carbocycles. The molecule has 1 heterocycles. The maximum atomic E-state index is 11.9. The molecule has 0 radical (unpaired) electrons. The van der Waals surface area contributed by atoms with Gasteiger partial charge in [-0.25, -0.2) is 9.59 Å². The second-order valence-corrected chi connectivity index (χ2v) is 4.87. The van der Waals surface area contributed by atoms with E-state index in [1.165, 1.54) is 6.07 Å². The van der Waals surface area contributed by atoms with Gasteiger partial charge in [-0.05, 0) is 31.9 Å². The molecule has 1 unspecified atom stereocenters. The fourth-order valence-electron chi connectivity index (χ4n) is 2.14. The van der Waals surface area contributed by atoms with E-state index in [2.05, 4.69) is 10.6 Å². The third kappa shape index (κ3) is 3.71. The molecule has 2 amide bonds. The van der Waals surface area contributed by atoms with Crippen LogP contribution in [-0.2, 0) is 4.74 Å². The summed E-state index contributed by atoms with van der Waals surface area (Å²) >= 11 is 0. The number of aromatic carboxylic acids is 1. The first-order chi connectivity index (χ1) is 9.56. The van der Waals surface area contributed by atoms with Gasteiger partial charge in [0.1, 0.15) is 0 Å². The van der Waals surface area contributed by atoms with Crippen molar-refractivity contribution in [3.05, 3.63) is 29.3 Å². The van der Waals surface area contributed by atoms with Crippen molar-refractivity contribution in [3.8, 4) is 0 Å². The zero-order valence-corrected chi connectivity index (χ0v) is 11.3. The zero-order chi connectivity index (χ0) is 14.5. The number of carboxylic acid groups (broad SMARTS) is 1. The number of carbonyl (C=O) groups excluding carboxylic acids is 1. The van der Waals surface area contributed by atoms with Crippen LogP contribution in [0, 0.1) is 6.92 Å². The normalized spacial score (nSPS) is 18.4. The van der Waals surface area contributed by atoms with E-state index < -0.39 is 12.0 Å². The zero-order valence-electron chi connectivity index (χ0n) is 11.3. The minimum absolute atomic E-state index is 0.0255. The molecule has 1 fully saturated rings. The summed E-state index contributed by atoms with van der Waals surface area (Å²) in [6.45, 7) is 3.02. The van der Waals surface area contributed by atoms with Gasteiger partial charge in [-0.15, -0.1) is 0 Å². The van der Waals surface area contributed by atoms with Gasteiger partial charge >= 0.3 is 12.0 Å². The van der Waals surface area contributed by atoms with E-state index in [1.807, 2.05) is 0 Å². The molecular formula is C14H18N2O4. The molecule has 1 aromatic carbocycles. The van der Waals surface area contributed by atoms with Crippen molar-refractivity contribution >= 4 is 17.7 Å². The third-order valence-electron chi connectivity index (χ3n) is 3.15. The van der Waals surface area contributed by atoms with Crippen LogP contribution in [0.25, 0.3) is 0 Å². The average Bonchev–Trinajstić information content (AvgIpc) is 2.41. The van der Waals surface area contributed by atoms with Gasteiger partial charge in [-0.2, -0.15) is 0 Å². The molecule has 6 heteroatoms. The van der Waals surface area contributed by atoms with Crippen molar-refractivity contribution in [2.45, 2.75) is 25.8 Å². The standard InChI is InChI=1S/C14H18N2O4/c1-9-4-5-12(11(7-9)13(17)18)16-14(19)15-10-3-2-6-20-8-10/h4-5,7,10H,2-3,6,8H2,1H3,(H,17,18)(H2,15,16,19). The van der Waals surface area contributed by atoms with Gasteiger partial charge in [-0.1, -0.05) is 11.6 Å². The Balaban J connectivity index is 2.01. The van der Waals surface area contributed by atoms with E-state index in [1.54, 1.807) is 19.1 Å². The first kappa shape index (κ1) is 14.3. The Kier molecular flexibility index (Phi) is 4.57. The molecule has 6 nitrogen and oxygen atoms in total. The summed E-state index contributed by atoms with van der Waals surface area (Å²) in [6.07, 6.45) is 1.78. The number of ether oxygens (including phenoxy) is 1. The van der Waals surface area contributed by atoms with E-state index in [0.29, 0.717) is 6.61 Å². The number of nitrogens with one attached hydrogen (secondary N) is 2. The summed E-state index contributed by atoms with van der Waals surface area (Å²) in [7, 11) is 0. The van der Waals surface area contributed by atoms with Crippen LogP contribution in [0.1, 0.15) is 28.8 Å². The Morgan fingerprint density at radius 3 is 2.85 bits per heavy atom. The summed E-state index contributed by atoms with van der Waals surface area (Å²) < 4.78 is 5.27. The summed E-state index contributed by atoms with van der Waals surface area (Å²) in [6, 6.07) is 4.44. The van der Waals surface area contributed by atoms with Crippen LogP contribution in [0.3, 0.4) is 0 Å². The first-order valence-corrected chi connectivity index (χ1v) is 6.55. The molecule has 0 saturated carbocycles. The van der Waals surface area contributed by atoms with Crippen LogP contribution in [0.2, 0.25) is 0 Å². The number of carbonyl (C=O) groups is 2. The Hall–Kier alpha value is -2.08. The number of hydrogen-bond acceptors (Lipinski definition) is 3. The molecule has 108 valence electrons. The SMILES string of the molecule is Cc1ccc(NC(=O)NC2CCCOC2)c(C(=O)O)c1. The lowest BCUT2D eigenvalue weighted by Gasteiger charge is -2.23. The molecule has 0 spiro atoms. The van der Waals surface area contributed by atoms with E-state index in [-0.39, 0.29) is 17.3 Å². The molecule has 2 rings (SSSR count). The quantitative estimate of drug-likeness (QED) is 0.789. The van der Waals surface area contributed by atoms with Crippen molar-refractivity contribution in [2.24, 2.45) is 0 Å². The Bertz CT molecular complexity index is 510. The van der Waals surface area contributed by atoms with E-state index >= 15 is 0 Å². The van der Waals surface area contributed by atoms with Crippen LogP contribution >= 0.6 is 0 Å². The van der Waals surface area contributed by atoms with Crippen LogP contribution in [0.5, 0.6) is 0 Å². The average molecular weight is 278 g/mol. The van der Waals surface area contributed by atoms with Gasteiger partial charge in [0.2, 0.25) is 0 Å². The molecular weight excluding hydrogens is 260 g/mol. The van der Waals surface area contributed by atoms with Crippen LogP contribution in [0.15, 0.2) is 18.2 Å². The molecule has 1 aliphatic heterocycles. The van der Waals surface area contributed by atoms with Crippen LogP contribution < -0.4 is 10.6 Å². The van der Waals surface area contributed by atoms with Crippen molar-refractivity contribution in [1.82, 2.24) is 5.32 Å². The number of urea groups is 1. The van der Waals surface area contributed by atoms with Gasteiger partial charge in [0.25, 0.3) is 0 Å². The maximum Gasteiger partial charge on any atom is 0.337 e. The van der Waals surface area contributed by atoms with Crippen molar-refractivity contribution in [1.29, 1.82) is 0 Å². The highest BCUT2D eigenvalue weighted by Gasteiger charge is 2.18. The molecule has 1 saturated heterocycles. The topological polar surface area (TPSA) is 87.7 Å². The number of benzene rings is 1. The predicted octanol–water partition coefficient (Wildman–Crippen LogP) is 1.99. The fraction of sp³-hybridized carbons (Fsp3) is 0.429. The lowest BCUT2D eigenvalue weighted by Crippen LogP contribution is -2.42. The van der Waals surface area contributed by atoms with Gasteiger partial charge in [0, 0.05) is 6.61 Å². The molecule has 0 aromatic heterocycles. The smallest absolute Gasteiger partial charge is 0.337 e. The molecule has 3 N–H and O–H groups in total. The lowest BCUT2D eigenvalue weighted by molar-refractivity contribution is 0.0697. The second-order valence-electron chi connectivity index (χ2n) is 4.87. The number of aryl methyl sites for hydroxylation is 1. The minimum Gasteiger partial charge on any atom is -0.478 e. The number of amides is 2. The maximum absolute atomic E-state index is 11.9. The van der Waals surface area contributed by atoms with Crippen LogP contribution in [0.4, 0.5) is 10.5 Å². The van der Waals surface area contributed by atoms with E-state index in [4.69, 9.17) is 9.84 Å². The van der Waals surface area contributed by atoms with Crippen molar-refractivity contribution in [2.75, 3.05) is 18.5 Å². The molecule has 0 bridgehead atoms. The number of anilines is 1. The van der Waals surface area contributed by atoms with Gasteiger partial charge in [-0.3, -0.25) is 0 Å². The van der Waals surface area contributed by atoms with E-state index in [0.717, 1.165) is 25.0 Å². The summed E-state index contributed by atoms with van der Waals surface area (Å²) in [5, 5.41) is 14.5. The summed E-state index contributed by atoms with van der Waals surface area (Å²) in [5.74, 6) is -1.06. The van der Waals surface area contributed by atoms with Crippen LogP contribution in [-0.4, -0.2) is 36.4 Å². The van der Waals surface area contributed by atoms with Gasteiger partial charge < -0.3 is 20.5 Å². The molecule has 1 aliphatic rings. The van der Waals surface area contributed by atoms with Gasteiger partial charge in [0.05, 0.1) is 23.9 Å². The number of carboxylic acids is 1. The van der Waals surface area contributed by atoms with Crippen molar-refractivity contribution in [3.63, 3.8) is 0 Å². The van der Waals surface area contributed by atoms with Gasteiger partial charge in [0.15, 0.2) is 0 Å². The summed E-state index contributed by atoms with van der Waals surface area (Å²) in [4.78, 5) is 23.0. The lowest BCUT2D eigenvalue weighted by atomic mass is 10.1. The largest absolute Gasteiger partial charge is 0.478 e. The van der Waals surface area contributed by atoms with E-state index in [9.17, 15) is 9.59 Å². The minimum atomic E-state index is -1.06. The highest BCUT2D eigenvalue weighted by Crippen LogP contribution is 2.17. The Labute approximate surface area is 117 Å². The Morgan fingerprint density at radius 1 is 1.40 bits per heavy atom. The number of hydrogen-bond donors (Lipinski definition) is 3. The Morgan fingerprint density at radius 2 is 2.20 bits per heavy atom. The summed E-state index contributed by atoms with van der Waals surface area (Å²) in [5.41, 5.74) is 1.20. The first-order valence-electron chi connectivity index (χ1n) is 6.55.